The summed E-state index contributed by atoms with van der Waals surface area (Å²) in [6.07, 6.45) is 1.66. The fourth-order valence-electron chi connectivity index (χ4n) is 1.07. The van der Waals surface area contributed by atoms with Gasteiger partial charge in [0.05, 0.1) is 0 Å². The summed E-state index contributed by atoms with van der Waals surface area (Å²) in [5.41, 5.74) is 0.913. The monoisotopic (exact) mass is 161 g/mol. The molecular weight excluding hydrogens is 154 g/mol. The highest BCUT2D eigenvalue weighted by atomic mass is 16.5. The number of nitrogens with zero attached hydrogens (tertiary/aromatic N) is 1. The van der Waals surface area contributed by atoms with Crippen LogP contribution in [0.15, 0.2) is 29.3 Å². The van der Waals surface area contributed by atoms with E-state index in [1.165, 1.54) is 0 Å². The number of hydrogen-bond donors (Lipinski definition) is 0. The third-order valence-corrected chi connectivity index (χ3v) is 1.64. The van der Waals surface area contributed by atoms with Crippen molar-refractivity contribution in [3.8, 4) is 5.75 Å². The van der Waals surface area contributed by atoms with Gasteiger partial charge in [-0.15, -0.1) is 0 Å². The van der Waals surface area contributed by atoms with Gasteiger partial charge in [0.1, 0.15) is 5.75 Å². The maximum atomic E-state index is 10.3. The van der Waals surface area contributed by atoms with E-state index in [-0.39, 0.29) is 0 Å². The number of aliphatic imine (C=N–C) groups is 1. The number of fused-ring (bicyclic) bond motifs is 1. The molecule has 60 valence electrons. The second kappa shape index (κ2) is 2.77. The van der Waals surface area contributed by atoms with Gasteiger partial charge >= 0.3 is 0 Å². The molecule has 1 heterocycles. The van der Waals surface area contributed by atoms with Crippen molar-refractivity contribution in [1.29, 1.82) is 0 Å². The van der Waals surface area contributed by atoms with E-state index in [0.717, 1.165) is 5.56 Å². The van der Waals surface area contributed by atoms with Crippen LogP contribution in [-0.2, 0) is 4.79 Å². The Hall–Kier alpha value is -1.64. The minimum Gasteiger partial charge on any atom is -0.461 e. The van der Waals surface area contributed by atoms with Crippen LogP contribution in [0.25, 0.3) is 0 Å². The zero-order valence-corrected chi connectivity index (χ0v) is 6.31. The largest absolute Gasteiger partial charge is 0.461 e. The van der Waals surface area contributed by atoms with Crippen LogP contribution >= 0.6 is 0 Å². The quantitative estimate of drug-likeness (QED) is 0.577. The number of aldehydes is 1. The summed E-state index contributed by atoms with van der Waals surface area (Å²) in [5, 5.41) is 0. The zero-order valence-electron chi connectivity index (χ0n) is 6.31. The Kier molecular flexibility index (Phi) is 1.63. The lowest BCUT2D eigenvalue weighted by molar-refractivity contribution is -0.113. The molecule has 0 fully saturated rings. The molecule has 1 aliphatic heterocycles. The van der Waals surface area contributed by atoms with Crippen LogP contribution < -0.4 is 4.74 Å². The van der Waals surface area contributed by atoms with Gasteiger partial charge in [-0.2, -0.15) is 0 Å². The summed E-state index contributed by atoms with van der Waals surface area (Å²) >= 11 is 0. The smallest absolute Gasteiger partial charge is 0.245 e. The molecule has 0 spiro atoms. The van der Waals surface area contributed by atoms with Crippen molar-refractivity contribution in [2.75, 3.05) is 0 Å². The third kappa shape index (κ3) is 1.09. The number of hydrogen-bond acceptors (Lipinski definition) is 3. The van der Waals surface area contributed by atoms with Gasteiger partial charge in [0.25, 0.3) is 0 Å². The maximum Gasteiger partial charge on any atom is 0.245 e. The lowest BCUT2D eigenvalue weighted by Crippen LogP contribution is -2.19. The first kappa shape index (κ1) is 7.03. The summed E-state index contributed by atoms with van der Waals surface area (Å²) in [4.78, 5) is 14.2. The Morgan fingerprint density at radius 3 is 3.08 bits per heavy atom. The third-order valence-electron chi connectivity index (χ3n) is 1.64. The molecule has 0 radical (unpaired) electrons. The van der Waals surface area contributed by atoms with Gasteiger partial charge in [0.2, 0.25) is 6.23 Å². The number of benzene rings is 1. The predicted molar refractivity (Wildman–Crippen MR) is 44.5 cm³/mol. The highest BCUT2D eigenvalue weighted by Crippen LogP contribution is 2.20. The van der Waals surface area contributed by atoms with Crippen molar-refractivity contribution in [1.82, 2.24) is 0 Å². The first-order chi connectivity index (χ1) is 5.90. The SMILES string of the molecule is O=CC1N=Cc2ccccc2O1. The first-order valence-corrected chi connectivity index (χ1v) is 3.64. The first-order valence-electron chi connectivity index (χ1n) is 3.64. The molecule has 0 saturated heterocycles. The van der Waals surface area contributed by atoms with Crippen LogP contribution in [0.2, 0.25) is 0 Å². The normalized spacial score (nSPS) is 19.5. The van der Waals surface area contributed by atoms with E-state index in [1.807, 2.05) is 24.3 Å². The van der Waals surface area contributed by atoms with Crippen molar-refractivity contribution in [2.24, 2.45) is 4.99 Å². The minimum atomic E-state index is -0.667. The number of ether oxygens (including phenoxy) is 1. The highest BCUT2D eigenvalue weighted by Gasteiger charge is 2.12. The van der Waals surface area contributed by atoms with Gasteiger partial charge in [0.15, 0.2) is 6.29 Å². The minimum absolute atomic E-state index is 0.667. The fourth-order valence-corrected chi connectivity index (χ4v) is 1.07. The van der Waals surface area contributed by atoms with E-state index in [4.69, 9.17) is 4.74 Å². The molecule has 1 aromatic carbocycles. The molecule has 0 saturated carbocycles. The summed E-state index contributed by atoms with van der Waals surface area (Å²) in [6, 6.07) is 7.46. The van der Waals surface area contributed by atoms with Gasteiger partial charge in [0, 0.05) is 11.8 Å². The molecule has 1 aromatic rings. The molecule has 0 amide bonds. The van der Waals surface area contributed by atoms with Gasteiger partial charge in [-0.1, -0.05) is 12.1 Å². The van der Waals surface area contributed by atoms with E-state index in [2.05, 4.69) is 4.99 Å². The topological polar surface area (TPSA) is 38.7 Å². The Labute approximate surface area is 69.7 Å². The Bertz CT molecular complexity index is 333. The molecule has 0 aromatic heterocycles. The Morgan fingerprint density at radius 2 is 2.25 bits per heavy atom. The summed E-state index contributed by atoms with van der Waals surface area (Å²) in [5.74, 6) is 0.713. The second-order valence-corrected chi connectivity index (χ2v) is 2.46. The molecule has 2 rings (SSSR count). The van der Waals surface area contributed by atoms with Crippen molar-refractivity contribution in [3.05, 3.63) is 29.8 Å². The molecule has 1 unspecified atom stereocenters. The summed E-state index contributed by atoms with van der Waals surface area (Å²) < 4.78 is 5.22. The second-order valence-electron chi connectivity index (χ2n) is 2.46. The van der Waals surface area contributed by atoms with Crippen LogP contribution in [0.4, 0.5) is 0 Å². The standard InChI is InChI=1S/C9H7NO2/c11-6-9-10-5-7-3-1-2-4-8(7)12-9/h1-6,9H. The van der Waals surface area contributed by atoms with Gasteiger partial charge in [-0.05, 0) is 12.1 Å². The highest BCUT2D eigenvalue weighted by molar-refractivity contribution is 5.86. The number of para-hydroxylation sites is 1. The fraction of sp³-hybridized carbons (Fsp3) is 0.111. The van der Waals surface area contributed by atoms with Gasteiger partial charge in [-0.25, -0.2) is 4.99 Å². The average Bonchev–Trinajstić information content (AvgIpc) is 2.17. The van der Waals surface area contributed by atoms with Crippen molar-refractivity contribution in [2.45, 2.75) is 6.23 Å². The predicted octanol–water partition coefficient (Wildman–Crippen LogP) is 1.02. The lowest BCUT2D eigenvalue weighted by atomic mass is 10.2. The molecule has 0 aliphatic carbocycles. The van der Waals surface area contributed by atoms with Crippen LogP contribution in [0, 0.1) is 0 Å². The van der Waals surface area contributed by atoms with Gasteiger partial charge in [-0.3, -0.25) is 4.79 Å². The Balaban J connectivity index is 2.39. The zero-order chi connectivity index (χ0) is 8.39. The van der Waals surface area contributed by atoms with Crippen LogP contribution in [-0.4, -0.2) is 18.7 Å². The van der Waals surface area contributed by atoms with Crippen molar-refractivity contribution < 1.29 is 9.53 Å². The van der Waals surface area contributed by atoms with Crippen LogP contribution in [0.1, 0.15) is 5.56 Å². The maximum absolute atomic E-state index is 10.3. The van der Waals surface area contributed by atoms with Crippen molar-refractivity contribution in [3.63, 3.8) is 0 Å². The molecule has 1 aliphatic rings. The molecule has 1 atom stereocenters. The molecule has 0 bridgehead atoms. The molecule has 0 N–H and O–H groups in total. The number of carbonyl (C=O) groups is 1. The van der Waals surface area contributed by atoms with E-state index >= 15 is 0 Å². The van der Waals surface area contributed by atoms with E-state index < -0.39 is 6.23 Å². The summed E-state index contributed by atoms with van der Waals surface area (Å²) in [7, 11) is 0. The number of rotatable bonds is 1. The average molecular weight is 161 g/mol. The number of carbonyl (C=O) groups excluding carboxylic acids is 1. The molecule has 3 nitrogen and oxygen atoms in total. The van der Waals surface area contributed by atoms with Crippen molar-refractivity contribution >= 4 is 12.5 Å². The van der Waals surface area contributed by atoms with Crippen LogP contribution in [0.3, 0.4) is 0 Å². The van der Waals surface area contributed by atoms with Gasteiger partial charge < -0.3 is 4.74 Å². The van der Waals surface area contributed by atoms with E-state index in [1.54, 1.807) is 6.21 Å². The van der Waals surface area contributed by atoms with E-state index in [0.29, 0.717) is 12.0 Å². The Morgan fingerprint density at radius 1 is 1.42 bits per heavy atom. The van der Waals surface area contributed by atoms with E-state index in [9.17, 15) is 4.79 Å². The molecule has 3 heteroatoms. The van der Waals surface area contributed by atoms with Crippen LogP contribution in [0.5, 0.6) is 5.75 Å². The molecular formula is C9H7NO2. The summed E-state index contributed by atoms with van der Waals surface area (Å²) in [6.45, 7) is 0. The molecule has 12 heavy (non-hydrogen) atoms. The lowest BCUT2D eigenvalue weighted by Gasteiger charge is -2.15.